The lowest BCUT2D eigenvalue weighted by molar-refractivity contribution is -0.116. The standard InChI is InChI=1S/C28H26ClN5OS/c1-18-16-23(19(2)34(18)22-13-11-20(29)12-14-22)27-26(24-10-6-7-15-30-24)32-28(36)33(27)17-25(35)31-21-8-4-3-5-9-21/h3-16,26-27H,17H2,1-2H3,(H,31,35)(H,32,36). The molecular formula is C28H26ClN5OS. The normalized spacial score (nSPS) is 17.2. The number of nitrogens with one attached hydrogen (secondary N) is 2. The molecule has 0 aliphatic carbocycles. The van der Waals surface area contributed by atoms with Crippen molar-refractivity contribution >= 4 is 40.5 Å². The molecule has 4 aromatic rings. The van der Waals surface area contributed by atoms with E-state index in [2.05, 4.69) is 40.1 Å². The number of amides is 1. The number of aryl methyl sites for hydroxylation is 1. The Morgan fingerprint density at radius 1 is 1.06 bits per heavy atom. The first-order valence-electron chi connectivity index (χ1n) is 11.7. The largest absolute Gasteiger partial charge is 0.352 e. The lowest BCUT2D eigenvalue weighted by Crippen LogP contribution is -2.37. The van der Waals surface area contributed by atoms with Crippen LogP contribution in [0.4, 0.5) is 5.69 Å². The van der Waals surface area contributed by atoms with Crippen molar-refractivity contribution in [2.24, 2.45) is 0 Å². The molecule has 5 rings (SSSR count). The molecule has 1 aliphatic rings. The number of rotatable bonds is 6. The van der Waals surface area contributed by atoms with E-state index >= 15 is 0 Å². The van der Waals surface area contributed by atoms with Crippen LogP contribution in [0.3, 0.4) is 0 Å². The molecule has 2 N–H and O–H groups in total. The number of benzene rings is 2. The van der Waals surface area contributed by atoms with E-state index in [1.54, 1.807) is 6.20 Å². The summed E-state index contributed by atoms with van der Waals surface area (Å²) in [6.45, 7) is 4.28. The van der Waals surface area contributed by atoms with E-state index in [-0.39, 0.29) is 24.5 Å². The van der Waals surface area contributed by atoms with Gasteiger partial charge >= 0.3 is 0 Å². The number of hydrogen-bond acceptors (Lipinski definition) is 3. The average Bonchev–Trinajstić information content (AvgIpc) is 3.35. The summed E-state index contributed by atoms with van der Waals surface area (Å²) in [7, 11) is 0. The molecule has 182 valence electrons. The lowest BCUT2D eigenvalue weighted by atomic mass is 9.96. The van der Waals surface area contributed by atoms with Crippen LogP contribution >= 0.6 is 23.8 Å². The molecule has 3 heterocycles. The van der Waals surface area contributed by atoms with Gasteiger partial charge in [-0.2, -0.15) is 0 Å². The molecule has 0 bridgehead atoms. The number of thiocarbonyl (C=S) groups is 1. The summed E-state index contributed by atoms with van der Waals surface area (Å²) in [4.78, 5) is 19.6. The molecule has 2 aromatic heterocycles. The summed E-state index contributed by atoms with van der Waals surface area (Å²) in [6.07, 6.45) is 1.78. The quantitative estimate of drug-likeness (QED) is 0.320. The number of pyridine rings is 1. The molecule has 1 amide bonds. The first-order chi connectivity index (χ1) is 17.4. The molecule has 0 saturated carbocycles. The highest BCUT2D eigenvalue weighted by Crippen LogP contribution is 2.41. The molecule has 36 heavy (non-hydrogen) atoms. The fourth-order valence-electron chi connectivity index (χ4n) is 4.87. The van der Waals surface area contributed by atoms with Crippen LogP contribution in [-0.4, -0.2) is 32.0 Å². The number of carbonyl (C=O) groups is 1. The number of carbonyl (C=O) groups excluding carboxylic acids is 1. The third-order valence-electron chi connectivity index (χ3n) is 6.44. The zero-order valence-electron chi connectivity index (χ0n) is 20.0. The van der Waals surface area contributed by atoms with Crippen molar-refractivity contribution in [2.45, 2.75) is 25.9 Å². The summed E-state index contributed by atoms with van der Waals surface area (Å²) < 4.78 is 2.20. The number of anilines is 1. The maximum absolute atomic E-state index is 13.1. The van der Waals surface area contributed by atoms with E-state index < -0.39 is 0 Å². The van der Waals surface area contributed by atoms with Crippen LogP contribution in [0.15, 0.2) is 85.1 Å². The van der Waals surface area contributed by atoms with Gasteiger partial charge < -0.3 is 20.1 Å². The first-order valence-corrected chi connectivity index (χ1v) is 12.5. The lowest BCUT2D eigenvalue weighted by Gasteiger charge is -2.27. The molecule has 6 nitrogen and oxygen atoms in total. The molecule has 1 fully saturated rings. The molecule has 8 heteroatoms. The summed E-state index contributed by atoms with van der Waals surface area (Å²) >= 11 is 11.9. The predicted molar refractivity (Wildman–Crippen MR) is 147 cm³/mol. The van der Waals surface area contributed by atoms with Crippen molar-refractivity contribution in [3.63, 3.8) is 0 Å². The molecular weight excluding hydrogens is 490 g/mol. The monoisotopic (exact) mass is 515 g/mol. The van der Waals surface area contributed by atoms with E-state index in [4.69, 9.17) is 23.8 Å². The Morgan fingerprint density at radius 3 is 2.47 bits per heavy atom. The highest BCUT2D eigenvalue weighted by Gasteiger charge is 2.42. The Bertz CT molecular complexity index is 1390. The SMILES string of the molecule is Cc1cc(C2C(c3ccccn3)NC(=S)N2CC(=O)Nc2ccccc2)c(C)n1-c1ccc(Cl)cc1. The third-order valence-corrected chi connectivity index (χ3v) is 7.05. The zero-order valence-corrected chi connectivity index (χ0v) is 21.6. The minimum Gasteiger partial charge on any atom is -0.352 e. The van der Waals surface area contributed by atoms with Crippen molar-refractivity contribution < 1.29 is 4.79 Å². The summed E-state index contributed by atoms with van der Waals surface area (Å²) in [5.74, 6) is -0.136. The molecule has 0 spiro atoms. The zero-order chi connectivity index (χ0) is 25.2. The molecule has 2 atom stereocenters. The van der Waals surface area contributed by atoms with Crippen molar-refractivity contribution in [3.8, 4) is 5.69 Å². The first kappa shape index (κ1) is 24.0. The third kappa shape index (κ3) is 4.72. The van der Waals surface area contributed by atoms with Crippen LogP contribution in [0.5, 0.6) is 0 Å². The highest BCUT2D eigenvalue weighted by molar-refractivity contribution is 7.80. The second-order valence-electron chi connectivity index (χ2n) is 8.81. The van der Waals surface area contributed by atoms with Crippen molar-refractivity contribution in [3.05, 3.63) is 113 Å². The topological polar surface area (TPSA) is 62.2 Å². The molecule has 0 radical (unpaired) electrons. The van der Waals surface area contributed by atoms with Crippen molar-refractivity contribution in [2.75, 3.05) is 11.9 Å². The summed E-state index contributed by atoms with van der Waals surface area (Å²) in [5.41, 5.74) is 5.87. The van der Waals surface area contributed by atoms with Gasteiger partial charge in [0, 0.05) is 34.0 Å². The number of para-hydroxylation sites is 1. The van der Waals surface area contributed by atoms with Crippen LogP contribution in [0.1, 0.15) is 34.7 Å². The van der Waals surface area contributed by atoms with Gasteiger partial charge in [-0.1, -0.05) is 35.9 Å². The Labute approximate surface area is 220 Å². The highest BCUT2D eigenvalue weighted by atomic mass is 35.5. The Morgan fingerprint density at radius 2 is 1.78 bits per heavy atom. The predicted octanol–water partition coefficient (Wildman–Crippen LogP) is 5.75. The van der Waals surface area contributed by atoms with E-state index in [0.717, 1.165) is 34.0 Å². The van der Waals surface area contributed by atoms with Gasteiger partial charge in [0.15, 0.2) is 5.11 Å². The van der Waals surface area contributed by atoms with Crippen LogP contribution in [0, 0.1) is 13.8 Å². The van der Waals surface area contributed by atoms with E-state index in [0.29, 0.717) is 10.1 Å². The number of aromatic nitrogens is 2. The second-order valence-corrected chi connectivity index (χ2v) is 9.63. The van der Waals surface area contributed by atoms with Gasteiger partial charge in [-0.05, 0) is 86.2 Å². The van der Waals surface area contributed by atoms with Gasteiger partial charge in [-0.15, -0.1) is 0 Å². The minimum atomic E-state index is -0.221. The smallest absolute Gasteiger partial charge is 0.244 e. The van der Waals surface area contributed by atoms with Gasteiger partial charge in [-0.3, -0.25) is 9.78 Å². The fourth-order valence-corrected chi connectivity index (χ4v) is 5.30. The van der Waals surface area contributed by atoms with Gasteiger partial charge in [0.25, 0.3) is 0 Å². The van der Waals surface area contributed by atoms with Crippen molar-refractivity contribution in [1.29, 1.82) is 0 Å². The Balaban J connectivity index is 1.53. The second kappa shape index (κ2) is 10.1. The number of halogens is 1. The molecule has 1 aliphatic heterocycles. The van der Waals surface area contributed by atoms with Crippen LogP contribution in [0.2, 0.25) is 5.02 Å². The maximum Gasteiger partial charge on any atom is 0.244 e. The van der Waals surface area contributed by atoms with Crippen LogP contribution < -0.4 is 10.6 Å². The minimum absolute atomic E-state index is 0.110. The van der Waals surface area contributed by atoms with E-state index in [9.17, 15) is 4.79 Å². The number of hydrogen-bond donors (Lipinski definition) is 2. The fraction of sp³-hybridized carbons (Fsp3) is 0.179. The molecule has 1 saturated heterocycles. The van der Waals surface area contributed by atoms with Crippen LogP contribution in [0.25, 0.3) is 5.69 Å². The van der Waals surface area contributed by atoms with Gasteiger partial charge in [0.05, 0.1) is 17.8 Å². The molecule has 2 aromatic carbocycles. The summed E-state index contributed by atoms with van der Waals surface area (Å²) in [6, 6.07) is 24.8. The van der Waals surface area contributed by atoms with Gasteiger partial charge in [-0.25, -0.2) is 0 Å². The summed E-state index contributed by atoms with van der Waals surface area (Å²) in [5, 5.41) is 7.62. The van der Waals surface area contributed by atoms with Crippen molar-refractivity contribution in [1.82, 2.24) is 19.8 Å². The van der Waals surface area contributed by atoms with E-state index in [1.807, 2.05) is 77.7 Å². The Kier molecular flexibility index (Phi) is 6.76. The van der Waals surface area contributed by atoms with Gasteiger partial charge in [0.1, 0.15) is 6.54 Å². The Hall–Kier alpha value is -3.68. The number of nitrogens with zero attached hydrogens (tertiary/aromatic N) is 3. The average molecular weight is 516 g/mol. The maximum atomic E-state index is 13.1. The van der Waals surface area contributed by atoms with Gasteiger partial charge in [0.2, 0.25) is 5.91 Å². The van der Waals surface area contributed by atoms with Crippen LogP contribution in [-0.2, 0) is 4.79 Å². The molecule has 2 unspecified atom stereocenters. The van der Waals surface area contributed by atoms with E-state index in [1.165, 1.54) is 0 Å².